The van der Waals surface area contributed by atoms with Crippen molar-refractivity contribution in [2.75, 3.05) is 0 Å². The number of halogens is 1. The lowest BCUT2D eigenvalue weighted by atomic mass is 10.0. The van der Waals surface area contributed by atoms with Crippen molar-refractivity contribution >= 4 is 12.2 Å². The van der Waals surface area contributed by atoms with Crippen LogP contribution in [-0.4, -0.2) is 37.9 Å². The van der Waals surface area contributed by atoms with E-state index in [0.29, 0.717) is 5.69 Å². The number of aliphatic hydroxyl groups excluding tert-OH is 2. The van der Waals surface area contributed by atoms with Gasteiger partial charge in [0, 0.05) is 42.1 Å². The van der Waals surface area contributed by atoms with E-state index in [-0.39, 0.29) is 18.2 Å². The van der Waals surface area contributed by atoms with E-state index in [4.69, 9.17) is 4.98 Å². The lowest BCUT2D eigenvalue weighted by Crippen LogP contribution is -2.29. The van der Waals surface area contributed by atoms with Gasteiger partial charge in [0.15, 0.2) is 0 Å². The molecule has 0 fully saturated rings. The first kappa shape index (κ1) is 25.3. The monoisotopic (exact) mass is 465 g/mol. The first-order valence-corrected chi connectivity index (χ1v) is 11.3. The summed E-state index contributed by atoms with van der Waals surface area (Å²) in [5.41, 5.74) is 5.31. The summed E-state index contributed by atoms with van der Waals surface area (Å²) < 4.78 is 15.5. The van der Waals surface area contributed by atoms with Gasteiger partial charge in [-0.3, -0.25) is 0 Å². The summed E-state index contributed by atoms with van der Waals surface area (Å²) in [5, 5.41) is 30.9. The minimum atomic E-state index is -1.37. The average molecular weight is 466 g/mol. The Hall–Kier alpha value is -3.29. The second kappa shape index (κ2) is 10.8. The van der Waals surface area contributed by atoms with E-state index in [1.807, 2.05) is 44.4 Å². The summed E-state index contributed by atoms with van der Waals surface area (Å²) in [4.78, 5) is 15.6. The van der Waals surface area contributed by atoms with Crippen molar-refractivity contribution in [2.45, 2.75) is 58.7 Å². The predicted molar refractivity (Wildman–Crippen MR) is 128 cm³/mol. The SMILES string of the molecule is Cc1cc(C)cc(-c2c(-c3ccc(F)cc3)nc(C(C)C)n2/C=C/[C@@H](O)C[C@@H](O)CC(=O)[O-])c1. The molecule has 0 saturated heterocycles. The van der Waals surface area contributed by atoms with Crippen LogP contribution in [0.2, 0.25) is 0 Å². The van der Waals surface area contributed by atoms with Crippen molar-refractivity contribution in [1.82, 2.24) is 9.55 Å². The van der Waals surface area contributed by atoms with Crippen molar-refractivity contribution in [1.29, 1.82) is 0 Å². The number of aryl methyl sites for hydroxylation is 2. The summed E-state index contributed by atoms with van der Waals surface area (Å²) in [6.07, 6.45) is 0.227. The van der Waals surface area contributed by atoms with Crippen molar-refractivity contribution in [3.8, 4) is 22.5 Å². The topological polar surface area (TPSA) is 98.4 Å². The molecule has 180 valence electrons. The van der Waals surface area contributed by atoms with Gasteiger partial charge in [-0.2, -0.15) is 0 Å². The highest BCUT2D eigenvalue weighted by Crippen LogP contribution is 2.36. The van der Waals surface area contributed by atoms with Crippen molar-refractivity contribution in [3.63, 3.8) is 0 Å². The molecule has 34 heavy (non-hydrogen) atoms. The van der Waals surface area contributed by atoms with E-state index in [9.17, 15) is 24.5 Å². The van der Waals surface area contributed by atoms with Gasteiger partial charge in [0.1, 0.15) is 11.6 Å². The Morgan fingerprint density at radius 3 is 2.26 bits per heavy atom. The first-order chi connectivity index (χ1) is 16.0. The smallest absolute Gasteiger partial charge is 0.123 e. The molecule has 0 unspecified atom stereocenters. The zero-order valence-corrected chi connectivity index (χ0v) is 19.8. The molecular weight excluding hydrogens is 435 g/mol. The van der Waals surface area contributed by atoms with Gasteiger partial charge >= 0.3 is 0 Å². The Balaban J connectivity index is 2.15. The van der Waals surface area contributed by atoms with Gasteiger partial charge in [-0.1, -0.05) is 31.0 Å². The zero-order valence-electron chi connectivity index (χ0n) is 19.8. The van der Waals surface area contributed by atoms with E-state index in [2.05, 4.69) is 6.07 Å². The van der Waals surface area contributed by atoms with Crippen LogP contribution in [0.5, 0.6) is 0 Å². The molecule has 3 aromatic rings. The lowest BCUT2D eigenvalue weighted by molar-refractivity contribution is -0.307. The van der Waals surface area contributed by atoms with Crippen LogP contribution in [0.25, 0.3) is 28.7 Å². The molecule has 0 aliphatic rings. The summed E-state index contributed by atoms with van der Waals surface area (Å²) in [6, 6.07) is 12.3. The molecule has 0 aliphatic carbocycles. The molecule has 6 nitrogen and oxygen atoms in total. The maximum Gasteiger partial charge on any atom is 0.123 e. The first-order valence-electron chi connectivity index (χ1n) is 11.3. The molecule has 0 spiro atoms. The number of nitrogens with zero attached hydrogens (tertiary/aromatic N) is 2. The highest BCUT2D eigenvalue weighted by molar-refractivity contribution is 5.81. The third-order valence-electron chi connectivity index (χ3n) is 5.44. The van der Waals surface area contributed by atoms with Gasteiger partial charge in [0.25, 0.3) is 0 Å². The molecule has 2 aromatic carbocycles. The highest BCUT2D eigenvalue weighted by atomic mass is 19.1. The van der Waals surface area contributed by atoms with Gasteiger partial charge in [-0.15, -0.1) is 0 Å². The molecule has 0 saturated carbocycles. The predicted octanol–water partition coefficient (Wildman–Crippen LogP) is 3.82. The van der Waals surface area contributed by atoms with E-state index in [0.717, 1.165) is 33.8 Å². The number of carboxylic acid groups (broad SMARTS) is 1. The fourth-order valence-corrected chi connectivity index (χ4v) is 4.02. The number of aromatic nitrogens is 2. The van der Waals surface area contributed by atoms with Crippen LogP contribution in [0, 0.1) is 19.7 Å². The molecule has 1 heterocycles. The second-order valence-electron chi connectivity index (χ2n) is 8.95. The van der Waals surface area contributed by atoms with Crippen molar-refractivity contribution < 1.29 is 24.5 Å². The fourth-order valence-electron chi connectivity index (χ4n) is 4.02. The Labute approximate surface area is 199 Å². The Bertz CT molecular complexity index is 1160. The summed E-state index contributed by atoms with van der Waals surface area (Å²) in [7, 11) is 0. The normalized spacial score (nSPS) is 13.5. The third kappa shape index (κ3) is 6.18. The number of imidazole rings is 1. The molecule has 0 aliphatic heterocycles. The minimum absolute atomic E-state index is 0.0318. The quantitative estimate of drug-likeness (QED) is 0.501. The minimum Gasteiger partial charge on any atom is -0.550 e. The Kier molecular flexibility index (Phi) is 8.02. The molecule has 0 amide bonds. The molecule has 2 atom stereocenters. The van der Waals surface area contributed by atoms with Gasteiger partial charge in [0.2, 0.25) is 0 Å². The van der Waals surface area contributed by atoms with Crippen LogP contribution < -0.4 is 5.11 Å². The van der Waals surface area contributed by atoms with Crippen LogP contribution in [0.15, 0.2) is 48.5 Å². The Morgan fingerprint density at radius 1 is 1.09 bits per heavy atom. The van der Waals surface area contributed by atoms with E-state index < -0.39 is 24.6 Å². The summed E-state index contributed by atoms with van der Waals surface area (Å²) >= 11 is 0. The van der Waals surface area contributed by atoms with Crippen molar-refractivity contribution in [3.05, 3.63) is 71.3 Å². The third-order valence-corrected chi connectivity index (χ3v) is 5.44. The zero-order chi connectivity index (χ0) is 25.0. The summed E-state index contributed by atoms with van der Waals surface area (Å²) in [6.45, 7) is 8.03. The molecular formula is C27H30FN2O4-. The number of carbonyl (C=O) groups excluding carboxylic acids is 1. The van der Waals surface area contributed by atoms with Crippen LogP contribution in [0.4, 0.5) is 4.39 Å². The number of hydrogen-bond donors (Lipinski definition) is 2. The van der Waals surface area contributed by atoms with E-state index >= 15 is 0 Å². The maximum atomic E-state index is 13.6. The standard InChI is InChI=1S/C27H31FN2O4/c1-16(2)27-29-25(19-5-7-21(28)8-6-19)26(20-12-17(3)11-18(4)13-20)30(27)10-9-22(31)14-23(32)15-24(33)34/h5-13,16,22-23,31-32H,14-15H2,1-4H3,(H,33,34)/p-1/b10-9+/t22-,23-/m1/s1. The number of benzene rings is 2. The molecule has 1 aromatic heterocycles. The number of aliphatic hydroxyl groups is 2. The fraction of sp³-hybridized carbons (Fsp3) is 0.333. The van der Waals surface area contributed by atoms with Crippen molar-refractivity contribution in [2.24, 2.45) is 0 Å². The van der Waals surface area contributed by atoms with E-state index in [1.54, 1.807) is 18.3 Å². The summed E-state index contributed by atoms with van der Waals surface area (Å²) in [5.74, 6) is -0.934. The van der Waals surface area contributed by atoms with E-state index in [1.165, 1.54) is 18.2 Å². The molecule has 7 heteroatoms. The van der Waals surface area contributed by atoms with Crippen LogP contribution in [-0.2, 0) is 4.79 Å². The van der Waals surface area contributed by atoms with Crippen LogP contribution in [0.1, 0.15) is 49.6 Å². The number of aliphatic carboxylic acids is 1. The van der Waals surface area contributed by atoms with Crippen LogP contribution >= 0.6 is 0 Å². The number of hydrogen-bond acceptors (Lipinski definition) is 5. The number of carbonyl (C=O) groups is 1. The molecule has 0 radical (unpaired) electrons. The van der Waals surface area contributed by atoms with Crippen LogP contribution in [0.3, 0.4) is 0 Å². The maximum absolute atomic E-state index is 13.6. The Morgan fingerprint density at radius 2 is 1.71 bits per heavy atom. The molecule has 0 bridgehead atoms. The van der Waals surface area contributed by atoms with Gasteiger partial charge in [0.05, 0.1) is 23.6 Å². The van der Waals surface area contributed by atoms with Gasteiger partial charge in [-0.05, 0) is 56.3 Å². The highest BCUT2D eigenvalue weighted by Gasteiger charge is 2.21. The second-order valence-corrected chi connectivity index (χ2v) is 8.95. The number of rotatable bonds is 9. The largest absolute Gasteiger partial charge is 0.550 e. The lowest BCUT2D eigenvalue weighted by Gasteiger charge is -2.15. The molecule has 3 rings (SSSR count). The number of carboxylic acids is 1. The van der Waals surface area contributed by atoms with Gasteiger partial charge in [-0.25, -0.2) is 9.37 Å². The van der Waals surface area contributed by atoms with Gasteiger partial charge < -0.3 is 24.7 Å². The molecule has 2 N–H and O–H groups in total. The average Bonchev–Trinajstić information content (AvgIpc) is 3.11.